The van der Waals surface area contributed by atoms with Crippen LogP contribution in [0.15, 0.2) is 29.6 Å². The number of nitrogens with two attached hydrogens (primary N) is 1. The van der Waals surface area contributed by atoms with Crippen LogP contribution in [-0.2, 0) is 21.7 Å². The lowest BCUT2D eigenvalue weighted by Crippen LogP contribution is -2.39. The van der Waals surface area contributed by atoms with Gasteiger partial charge in [-0.1, -0.05) is 12.1 Å². The number of nitrogen functional groups attached to an aromatic ring is 1. The Morgan fingerprint density at radius 3 is 2.33 bits per heavy atom. The maximum atomic E-state index is 12.2. The highest BCUT2D eigenvalue weighted by Gasteiger charge is 2.29. The first-order valence-electron chi connectivity index (χ1n) is 10.7. The SMILES string of the molecule is COC(CNCC(O)(O)c1ccc(NC(=O)Cc2csc(N)n2)cc1)c1c(C)c(O)c(O)c(O)c1O. The number of ether oxygens (including phenoxy) is 1. The van der Waals surface area contributed by atoms with Crippen LogP contribution in [0.5, 0.6) is 23.0 Å². The zero-order chi connectivity index (χ0) is 26.6. The number of aromatic hydroxyl groups is 4. The molecule has 0 fully saturated rings. The molecule has 0 spiro atoms. The molecule has 1 heterocycles. The predicted octanol–water partition coefficient (Wildman–Crippen LogP) is 1.15. The molecule has 13 heteroatoms. The molecule has 3 rings (SSSR count). The molecule has 10 N–H and O–H groups in total. The van der Waals surface area contributed by atoms with Crippen LogP contribution >= 0.6 is 11.3 Å². The number of phenols is 4. The monoisotopic (exact) mass is 520 g/mol. The van der Waals surface area contributed by atoms with Gasteiger partial charge in [0.25, 0.3) is 0 Å². The molecule has 0 aliphatic carbocycles. The number of nitrogens with one attached hydrogen (secondary N) is 2. The van der Waals surface area contributed by atoms with E-state index in [-0.39, 0.29) is 42.1 Å². The third-order valence-electron chi connectivity index (χ3n) is 5.54. The van der Waals surface area contributed by atoms with E-state index in [1.807, 2.05) is 0 Å². The number of hydrogen-bond donors (Lipinski definition) is 9. The number of amides is 1. The lowest BCUT2D eigenvalue weighted by atomic mass is 9.99. The van der Waals surface area contributed by atoms with Crippen molar-refractivity contribution in [2.75, 3.05) is 31.2 Å². The number of hydrogen-bond acceptors (Lipinski definition) is 12. The quantitative estimate of drug-likeness (QED) is 0.105. The van der Waals surface area contributed by atoms with Crippen LogP contribution in [0.1, 0.15) is 28.5 Å². The van der Waals surface area contributed by atoms with Crippen molar-refractivity contribution in [2.24, 2.45) is 0 Å². The molecule has 0 radical (unpaired) electrons. The number of aliphatic hydroxyl groups is 2. The van der Waals surface area contributed by atoms with Crippen LogP contribution in [0.2, 0.25) is 0 Å². The number of nitrogens with zero attached hydrogens (tertiary/aromatic N) is 1. The Morgan fingerprint density at radius 2 is 1.75 bits per heavy atom. The van der Waals surface area contributed by atoms with Crippen LogP contribution in [0.4, 0.5) is 10.8 Å². The zero-order valence-corrected chi connectivity index (χ0v) is 20.3. The largest absolute Gasteiger partial charge is 0.504 e. The van der Waals surface area contributed by atoms with E-state index in [4.69, 9.17) is 10.5 Å². The van der Waals surface area contributed by atoms with Crippen molar-refractivity contribution in [3.63, 3.8) is 0 Å². The van der Waals surface area contributed by atoms with Gasteiger partial charge in [0, 0.05) is 41.4 Å². The lowest BCUT2D eigenvalue weighted by molar-refractivity contribution is -0.166. The van der Waals surface area contributed by atoms with Crippen LogP contribution in [0, 0.1) is 6.92 Å². The Balaban J connectivity index is 1.61. The Bertz CT molecular complexity index is 1200. The standard InChI is InChI=1S/C23H28N4O8S/c1-11-17(19(30)21(32)20(31)18(11)29)15(35-2)8-25-10-23(33,34)12-3-5-13(6-4-12)26-16(28)7-14-9-36-22(24)27-14/h3-6,9,15,25,29-34H,7-8,10H2,1-2H3,(H2,24,27)(H,26,28). The molecule has 1 amide bonds. The summed E-state index contributed by atoms with van der Waals surface area (Å²) in [5, 5.41) is 68.4. The van der Waals surface area contributed by atoms with Crippen LogP contribution in [0.3, 0.4) is 0 Å². The zero-order valence-electron chi connectivity index (χ0n) is 19.5. The molecule has 0 bridgehead atoms. The minimum Gasteiger partial charge on any atom is -0.504 e. The molecule has 1 aromatic heterocycles. The van der Waals surface area contributed by atoms with Gasteiger partial charge in [-0.05, 0) is 19.1 Å². The highest BCUT2D eigenvalue weighted by molar-refractivity contribution is 7.13. The average molecular weight is 521 g/mol. The van der Waals surface area contributed by atoms with E-state index in [1.165, 1.54) is 49.6 Å². The molecule has 0 aliphatic rings. The second-order valence-corrected chi connectivity index (χ2v) is 8.97. The predicted molar refractivity (Wildman–Crippen MR) is 132 cm³/mol. The van der Waals surface area contributed by atoms with Gasteiger partial charge in [0.1, 0.15) is 0 Å². The highest BCUT2D eigenvalue weighted by atomic mass is 32.1. The number of rotatable bonds is 10. The molecule has 12 nitrogen and oxygen atoms in total. The molecule has 3 aromatic rings. The average Bonchev–Trinajstić information content (AvgIpc) is 3.24. The fraction of sp³-hybridized carbons (Fsp3) is 0.304. The van der Waals surface area contributed by atoms with Crippen molar-refractivity contribution in [2.45, 2.75) is 25.2 Å². The third-order valence-corrected chi connectivity index (χ3v) is 6.26. The first kappa shape index (κ1) is 27.0. The van der Waals surface area contributed by atoms with Gasteiger partial charge in [-0.2, -0.15) is 0 Å². The first-order chi connectivity index (χ1) is 16.9. The summed E-state index contributed by atoms with van der Waals surface area (Å²) in [6.45, 7) is 1.02. The molecular weight excluding hydrogens is 492 g/mol. The number of methoxy groups -OCH3 is 1. The highest BCUT2D eigenvalue weighted by Crippen LogP contribution is 2.49. The first-order valence-corrected chi connectivity index (χ1v) is 11.6. The minimum absolute atomic E-state index is 0.0275. The van der Waals surface area contributed by atoms with Gasteiger partial charge in [-0.25, -0.2) is 4.98 Å². The number of phenolic OH excluding ortho intramolecular Hbond substituents is 4. The van der Waals surface area contributed by atoms with E-state index >= 15 is 0 Å². The van der Waals surface area contributed by atoms with Crippen LogP contribution in [0.25, 0.3) is 0 Å². The second kappa shape index (κ2) is 11.0. The number of thiazole rings is 1. The van der Waals surface area contributed by atoms with E-state index in [0.717, 1.165) is 0 Å². The summed E-state index contributed by atoms with van der Waals surface area (Å²) in [5.74, 6) is -5.61. The Hall–Kier alpha value is -3.62. The number of anilines is 2. The molecule has 0 saturated heterocycles. The number of aromatic nitrogens is 1. The van der Waals surface area contributed by atoms with E-state index < -0.39 is 34.9 Å². The summed E-state index contributed by atoms with van der Waals surface area (Å²) >= 11 is 1.24. The maximum Gasteiger partial charge on any atom is 0.230 e. The van der Waals surface area contributed by atoms with E-state index in [2.05, 4.69) is 15.6 Å². The number of carbonyl (C=O) groups excluding carboxylic acids is 1. The van der Waals surface area contributed by atoms with E-state index in [1.54, 1.807) is 5.38 Å². The van der Waals surface area contributed by atoms with Gasteiger partial charge in [-0.3, -0.25) is 4.79 Å². The van der Waals surface area contributed by atoms with Crippen molar-refractivity contribution in [1.29, 1.82) is 0 Å². The Kier molecular flexibility index (Phi) is 8.22. The van der Waals surface area contributed by atoms with Gasteiger partial charge in [-0.15, -0.1) is 11.3 Å². The number of carbonyl (C=O) groups is 1. The van der Waals surface area contributed by atoms with Gasteiger partial charge in [0.2, 0.25) is 23.2 Å². The van der Waals surface area contributed by atoms with Crippen molar-refractivity contribution in [3.05, 3.63) is 52.0 Å². The topological polar surface area (TPSA) is 211 Å². The van der Waals surface area contributed by atoms with Crippen molar-refractivity contribution in [1.82, 2.24) is 10.3 Å². The summed E-state index contributed by atoms with van der Waals surface area (Å²) in [7, 11) is 1.33. The molecular formula is C23H28N4O8S. The van der Waals surface area contributed by atoms with Gasteiger partial charge in [0.15, 0.2) is 16.6 Å². The van der Waals surface area contributed by atoms with Crippen molar-refractivity contribution >= 4 is 28.1 Å². The third kappa shape index (κ3) is 5.95. The Morgan fingerprint density at radius 1 is 1.11 bits per heavy atom. The molecule has 0 saturated carbocycles. The van der Waals surface area contributed by atoms with Gasteiger partial charge < -0.3 is 51.7 Å². The fourth-order valence-corrected chi connectivity index (χ4v) is 4.17. The van der Waals surface area contributed by atoms with E-state index in [0.29, 0.717) is 16.5 Å². The van der Waals surface area contributed by atoms with Crippen molar-refractivity contribution < 1.29 is 40.2 Å². The molecule has 1 unspecified atom stereocenters. The molecule has 0 aliphatic heterocycles. The number of benzene rings is 2. The molecule has 36 heavy (non-hydrogen) atoms. The fourth-order valence-electron chi connectivity index (χ4n) is 3.61. The summed E-state index contributed by atoms with van der Waals surface area (Å²) in [6.07, 6.45) is -0.862. The van der Waals surface area contributed by atoms with Crippen LogP contribution in [-0.4, -0.2) is 61.7 Å². The van der Waals surface area contributed by atoms with Gasteiger partial charge in [0.05, 0.1) is 24.8 Å². The molecule has 194 valence electrons. The Labute approximate surface area is 210 Å². The molecule has 1 atom stereocenters. The van der Waals surface area contributed by atoms with Crippen LogP contribution < -0.4 is 16.4 Å². The summed E-state index contributed by atoms with van der Waals surface area (Å²) < 4.78 is 5.32. The smallest absolute Gasteiger partial charge is 0.230 e. The minimum atomic E-state index is -2.30. The van der Waals surface area contributed by atoms with Gasteiger partial charge >= 0.3 is 0 Å². The second-order valence-electron chi connectivity index (χ2n) is 8.08. The van der Waals surface area contributed by atoms with E-state index in [9.17, 15) is 35.4 Å². The lowest BCUT2D eigenvalue weighted by Gasteiger charge is -2.26. The summed E-state index contributed by atoms with van der Waals surface area (Å²) in [5.41, 5.74) is 6.83. The van der Waals surface area contributed by atoms with Crippen molar-refractivity contribution in [3.8, 4) is 23.0 Å². The summed E-state index contributed by atoms with van der Waals surface area (Å²) in [6, 6.07) is 5.92. The normalized spacial score (nSPS) is 12.4. The summed E-state index contributed by atoms with van der Waals surface area (Å²) in [4.78, 5) is 16.2. The molecule has 2 aromatic carbocycles. The maximum absolute atomic E-state index is 12.2.